The van der Waals surface area contributed by atoms with E-state index < -0.39 is 0 Å². The van der Waals surface area contributed by atoms with Crippen LogP contribution in [0, 0.1) is 5.82 Å². The third-order valence-electron chi connectivity index (χ3n) is 3.53. The van der Waals surface area contributed by atoms with Crippen molar-refractivity contribution in [1.82, 2.24) is 10.6 Å². The molecule has 0 amide bonds. The maximum absolute atomic E-state index is 13.7. The highest BCUT2D eigenvalue weighted by Gasteiger charge is 2.15. The number of ether oxygens (including phenoxy) is 2. The van der Waals surface area contributed by atoms with E-state index in [1.54, 1.807) is 19.2 Å². The molecule has 0 spiro atoms. The minimum absolute atomic E-state index is 0.233. The van der Waals surface area contributed by atoms with Crippen LogP contribution in [-0.2, 0) is 16.0 Å². The van der Waals surface area contributed by atoms with Crippen LogP contribution >= 0.6 is 15.9 Å². The van der Waals surface area contributed by atoms with E-state index in [1.807, 2.05) is 0 Å². The van der Waals surface area contributed by atoms with Gasteiger partial charge < -0.3 is 20.1 Å². The van der Waals surface area contributed by atoms with Crippen molar-refractivity contribution in [2.75, 3.05) is 33.4 Å². The first-order valence-electron chi connectivity index (χ1n) is 7.77. The molecule has 0 aromatic heterocycles. The third-order valence-corrected chi connectivity index (χ3v) is 4.03. The first-order chi connectivity index (χ1) is 11.2. The van der Waals surface area contributed by atoms with Crippen molar-refractivity contribution in [3.8, 4) is 0 Å². The number of nitrogens with zero attached hydrogens (tertiary/aromatic N) is 1. The Bertz CT molecular complexity index is 522. The van der Waals surface area contributed by atoms with Crippen molar-refractivity contribution in [2.24, 2.45) is 4.99 Å². The lowest BCUT2D eigenvalue weighted by atomic mass is 10.2. The van der Waals surface area contributed by atoms with Crippen molar-refractivity contribution < 1.29 is 13.9 Å². The summed E-state index contributed by atoms with van der Waals surface area (Å²) < 4.78 is 25.5. The predicted octanol–water partition coefficient (Wildman–Crippen LogP) is 2.45. The number of hydrogen-bond acceptors (Lipinski definition) is 3. The first-order valence-corrected chi connectivity index (χ1v) is 8.56. The van der Waals surface area contributed by atoms with E-state index in [2.05, 4.69) is 31.6 Å². The molecule has 1 aromatic rings. The van der Waals surface area contributed by atoms with Gasteiger partial charge in [0, 0.05) is 43.4 Å². The molecule has 1 saturated heterocycles. The highest BCUT2D eigenvalue weighted by atomic mass is 79.9. The minimum atomic E-state index is -0.233. The number of aliphatic imine (C=N–C) groups is 1. The lowest BCUT2D eigenvalue weighted by molar-refractivity contribution is 0.0420. The second-order valence-corrected chi connectivity index (χ2v) is 6.21. The molecule has 0 bridgehead atoms. The lowest BCUT2D eigenvalue weighted by Gasteiger charge is -2.13. The number of benzene rings is 1. The second kappa shape index (κ2) is 9.85. The standard InChI is InChI=1S/C16H23BrFN3O2/c1-19-16(20-6-2-7-23-14-5-8-22-11-14)21-10-12-9-13(17)3-4-15(12)18/h3-4,9,14H,2,5-8,10-11H2,1H3,(H2,19,20,21). The maximum Gasteiger partial charge on any atom is 0.191 e. The molecular formula is C16H23BrFN3O2. The van der Waals surface area contributed by atoms with Gasteiger partial charge in [0.1, 0.15) is 5.82 Å². The number of guanidine groups is 1. The molecule has 2 N–H and O–H groups in total. The Morgan fingerprint density at radius 1 is 1.48 bits per heavy atom. The van der Waals surface area contributed by atoms with Gasteiger partial charge >= 0.3 is 0 Å². The van der Waals surface area contributed by atoms with Gasteiger partial charge in [-0.3, -0.25) is 4.99 Å². The Hall–Kier alpha value is -1.18. The summed E-state index contributed by atoms with van der Waals surface area (Å²) in [5.41, 5.74) is 0.590. The molecular weight excluding hydrogens is 365 g/mol. The molecule has 1 aliphatic rings. The summed E-state index contributed by atoms with van der Waals surface area (Å²) in [6, 6.07) is 4.88. The Labute approximate surface area is 144 Å². The van der Waals surface area contributed by atoms with Crippen molar-refractivity contribution >= 4 is 21.9 Å². The Morgan fingerprint density at radius 2 is 2.35 bits per heavy atom. The van der Waals surface area contributed by atoms with Gasteiger partial charge in [-0.15, -0.1) is 0 Å². The zero-order chi connectivity index (χ0) is 16.5. The van der Waals surface area contributed by atoms with Crippen LogP contribution in [0.4, 0.5) is 4.39 Å². The monoisotopic (exact) mass is 387 g/mol. The zero-order valence-electron chi connectivity index (χ0n) is 13.3. The van der Waals surface area contributed by atoms with E-state index in [0.29, 0.717) is 31.3 Å². The maximum atomic E-state index is 13.7. The fourth-order valence-electron chi connectivity index (χ4n) is 2.25. The van der Waals surface area contributed by atoms with E-state index >= 15 is 0 Å². The Balaban J connectivity index is 1.64. The molecule has 1 aromatic carbocycles. The SMILES string of the molecule is CN=C(NCCCOC1CCOC1)NCc1cc(Br)ccc1F. The number of nitrogens with one attached hydrogen (secondary N) is 2. The molecule has 5 nitrogen and oxygen atoms in total. The zero-order valence-corrected chi connectivity index (χ0v) is 14.9. The fraction of sp³-hybridized carbons (Fsp3) is 0.562. The van der Waals surface area contributed by atoms with E-state index in [0.717, 1.165) is 30.5 Å². The summed E-state index contributed by atoms with van der Waals surface area (Å²) in [6.07, 6.45) is 2.10. The van der Waals surface area contributed by atoms with Gasteiger partial charge in [0.2, 0.25) is 0 Å². The predicted molar refractivity (Wildman–Crippen MR) is 92.1 cm³/mol. The largest absolute Gasteiger partial charge is 0.379 e. The van der Waals surface area contributed by atoms with Gasteiger partial charge in [0.25, 0.3) is 0 Å². The summed E-state index contributed by atoms with van der Waals surface area (Å²) in [4.78, 5) is 4.13. The van der Waals surface area contributed by atoms with Crippen molar-refractivity contribution in [2.45, 2.75) is 25.5 Å². The fourth-order valence-corrected chi connectivity index (χ4v) is 2.66. The highest BCUT2D eigenvalue weighted by Crippen LogP contribution is 2.15. The van der Waals surface area contributed by atoms with Crippen LogP contribution in [0.15, 0.2) is 27.7 Å². The molecule has 2 rings (SSSR count). The average Bonchev–Trinajstić information content (AvgIpc) is 3.06. The highest BCUT2D eigenvalue weighted by molar-refractivity contribution is 9.10. The average molecular weight is 388 g/mol. The van der Waals surface area contributed by atoms with Crippen molar-refractivity contribution in [3.05, 3.63) is 34.1 Å². The number of halogens is 2. The lowest BCUT2D eigenvalue weighted by Crippen LogP contribution is -2.37. The van der Waals surface area contributed by atoms with Crippen LogP contribution in [0.5, 0.6) is 0 Å². The summed E-state index contributed by atoms with van der Waals surface area (Å²) in [7, 11) is 1.69. The minimum Gasteiger partial charge on any atom is -0.379 e. The molecule has 0 radical (unpaired) electrons. The van der Waals surface area contributed by atoms with E-state index in [1.165, 1.54) is 6.07 Å². The van der Waals surface area contributed by atoms with Gasteiger partial charge in [-0.2, -0.15) is 0 Å². The summed E-state index contributed by atoms with van der Waals surface area (Å²) >= 11 is 3.34. The molecule has 0 saturated carbocycles. The Morgan fingerprint density at radius 3 is 3.09 bits per heavy atom. The van der Waals surface area contributed by atoms with Crippen LogP contribution in [0.1, 0.15) is 18.4 Å². The van der Waals surface area contributed by atoms with E-state index in [9.17, 15) is 4.39 Å². The smallest absolute Gasteiger partial charge is 0.191 e. The van der Waals surface area contributed by atoms with Gasteiger partial charge in [-0.1, -0.05) is 15.9 Å². The van der Waals surface area contributed by atoms with Gasteiger partial charge in [-0.25, -0.2) is 4.39 Å². The molecule has 1 heterocycles. The summed E-state index contributed by atoms with van der Waals surface area (Å²) in [5.74, 6) is 0.414. The molecule has 1 atom stereocenters. The summed E-state index contributed by atoms with van der Waals surface area (Å²) in [6.45, 7) is 3.31. The molecule has 1 unspecified atom stereocenters. The molecule has 1 fully saturated rings. The normalized spacial score (nSPS) is 18.2. The van der Waals surface area contributed by atoms with Crippen molar-refractivity contribution in [1.29, 1.82) is 0 Å². The number of rotatable bonds is 7. The molecule has 1 aliphatic heterocycles. The quantitative estimate of drug-likeness (QED) is 0.428. The van der Waals surface area contributed by atoms with Gasteiger partial charge in [0.15, 0.2) is 5.96 Å². The van der Waals surface area contributed by atoms with Crippen LogP contribution in [0.2, 0.25) is 0 Å². The van der Waals surface area contributed by atoms with E-state index in [4.69, 9.17) is 9.47 Å². The van der Waals surface area contributed by atoms with Crippen LogP contribution in [-0.4, -0.2) is 45.5 Å². The van der Waals surface area contributed by atoms with Crippen LogP contribution in [0.25, 0.3) is 0 Å². The Kier molecular flexibility index (Phi) is 7.78. The molecule has 7 heteroatoms. The second-order valence-electron chi connectivity index (χ2n) is 5.30. The van der Waals surface area contributed by atoms with Gasteiger partial charge in [0.05, 0.1) is 12.7 Å². The third kappa shape index (κ3) is 6.45. The van der Waals surface area contributed by atoms with Crippen molar-refractivity contribution in [3.63, 3.8) is 0 Å². The number of hydrogen-bond donors (Lipinski definition) is 2. The van der Waals surface area contributed by atoms with E-state index in [-0.39, 0.29) is 11.9 Å². The molecule has 128 valence electrons. The topological polar surface area (TPSA) is 54.9 Å². The van der Waals surface area contributed by atoms with Crippen LogP contribution < -0.4 is 10.6 Å². The molecule has 23 heavy (non-hydrogen) atoms. The van der Waals surface area contributed by atoms with Crippen LogP contribution in [0.3, 0.4) is 0 Å². The molecule has 0 aliphatic carbocycles. The summed E-state index contributed by atoms with van der Waals surface area (Å²) in [5, 5.41) is 6.30. The van der Waals surface area contributed by atoms with Gasteiger partial charge in [-0.05, 0) is 31.0 Å². The first kappa shape index (κ1) is 18.2.